The van der Waals surface area contributed by atoms with Crippen LogP contribution in [-0.4, -0.2) is 29.5 Å². The van der Waals surface area contributed by atoms with Crippen molar-refractivity contribution in [2.24, 2.45) is 0 Å². The average Bonchev–Trinajstić information content (AvgIpc) is 2.75. The van der Waals surface area contributed by atoms with E-state index < -0.39 is 0 Å². The van der Waals surface area contributed by atoms with Gasteiger partial charge in [0, 0.05) is 12.2 Å². The van der Waals surface area contributed by atoms with Crippen molar-refractivity contribution >= 4 is 17.4 Å². The molecule has 1 heterocycles. The van der Waals surface area contributed by atoms with Crippen molar-refractivity contribution in [3.8, 4) is 5.75 Å². The van der Waals surface area contributed by atoms with E-state index in [1.54, 1.807) is 13.3 Å². The molecule has 2 N–H and O–H groups in total. The van der Waals surface area contributed by atoms with E-state index in [0.717, 1.165) is 24.3 Å². The highest BCUT2D eigenvalue weighted by atomic mass is 16.5. The number of nitrogens with one attached hydrogen (secondary N) is 2. The SMILES string of the molecule is CCc1ccc(NC(=O)c2cnc(NCCc3cccc(OC)c3)cn2)cc1. The molecule has 2 aromatic carbocycles. The van der Waals surface area contributed by atoms with Crippen molar-refractivity contribution in [3.05, 3.63) is 77.7 Å². The summed E-state index contributed by atoms with van der Waals surface area (Å²) in [6.45, 7) is 2.80. The van der Waals surface area contributed by atoms with Crippen LogP contribution in [0.25, 0.3) is 0 Å². The molecule has 0 bridgehead atoms. The van der Waals surface area contributed by atoms with Crippen molar-refractivity contribution in [2.45, 2.75) is 19.8 Å². The van der Waals surface area contributed by atoms with Gasteiger partial charge >= 0.3 is 0 Å². The minimum absolute atomic E-state index is 0.276. The minimum Gasteiger partial charge on any atom is -0.497 e. The molecule has 0 saturated carbocycles. The molecule has 0 fully saturated rings. The van der Waals surface area contributed by atoms with Crippen molar-refractivity contribution in [3.63, 3.8) is 0 Å². The Morgan fingerprint density at radius 3 is 2.54 bits per heavy atom. The summed E-state index contributed by atoms with van der Waals surface area (Å²) in [5.74, 6) is 1.20. The average molecular weight is 376 g/mol. The molecule has 0 spiro atoms. The quantitative estimate of drug-likeness (QED) is 0.622. The lowest BCUT2D eigenvalue weighted by molar-refractivity contribution is 0.102. The van der Waals surface area contributed by atoms with Crippen molar-refractivity contribution in [1.82, 2.24) is 9.97 Å². The van der Waals surface area contributed by atoms with Crippen LogP contribution in [0.3, 0.4) is 0 Å². The number of hydrogen-bond acceptors (Lipinski definition) is 5. The Morgan fingerprint density at radius 1 is 1.04 bits per heavy atom. The predicted octanol–water partition coefficient (Wildman–Crippen LogP) is 3.95. The highest BCUT2D eigenvalue weighted by molar-refractivity contribution is 6.02. The molecule has 144 valence electrons. The molecule has 3 aromatic rings. The lowest BCUT2D eigenvalue weighted by atomic mass is 10.1. The summed E-state index contributed by atoms with van der Waals surface area (Å²) in [6, 6.07) is 15.7. The van der Waals surface area contributed by atoms with Gasteiger partial charge in [-0.25, -0.2) is 9.97 Å². The van der Waals surface area contributed by atoms with Crippen LogP contribution in [0.1, 0.15) is 28.5 Å². The second-order valence-electron chi connectivity index (χ2n) is 6.32. The molecule has 6 heteroatoms. The van der Waals surface area contributed by atoms with Crippen molar-refractivity contribution < 1.29 is 9.53 Å². The fourth-order valence-corrected chi connectivity index (χ4v) is 2.72. The van der Waals surface area contributed by atoms with E-state index in [9.17, 15) is 4.79 Å². The molecule has 0 aliphatic heterocycles. The maximum Gasteiger partial charge on any atom is 0.275 e. The van der Waals surface area contributed by atoms with E-state index >= 15 is 0 Å². The van der Waals surface area contributed by atoms with Gasteiger partial charge in [-0.05, 0) is 48.2 Å². The Labute approximate surface area is 165 Å². The first-order valence-corrected chi connectivity index (χ1v) is 9.27. The Hall–Kier alpha value is -3.41. The largest absolute Gasteiger partial charge is 0.497 e. The topological polar surface area (TPSA) is 76.1 Å². The number of ether oxygens (including phenoxy) is 1. The molecule has 28 heavy (non-hydrogen) atoms. The molecule has 0 unspecified atom stereocenters. The Kier molecular flexibility index (Phi) is 6.57. The van der Waals surface area contributed by atoms with Gasteiger partial charge in [0.05, 0.1) is 19.5 Å². The zero-order chi connectivity index (χ0) is 19.8. The molecule has 0 aliphatic carbocycles. The van der Waals surface area contributed by atoms with E-state index in [1.807, 2.05) is 42.5 Å². The molecule has 0 radical (unpaired) electrons. The number of methoxy groups -OCH3 is 1. The van der Waals surface area contributed by atoms with E-state index in [4.69, 9.17) is 4.74 Å². The smallest absolute Gasteiger partial charge is 0.275 e. The molecule has 3 rings (SSSR count). The van der Waals surface area contributed by atoms with E-state index in [0.29, 0.717) is 12.4 Å². The monoisotopic (exact) mass is 376 g/mol. The highest BCUT2D eigenvalue weighted by Crippen LogP contribution is 2.14. The summed E-state index contributed by atoms with van der Waals surface area (Å²) in [4.78, 5) is 20.8. The molecular weight excluding hydrogens is 352 g/mol. The number of nitrogens with zero attached hydrogens (tertiary/aromatic N) is 2. The summed E-state index contributed by atoms with van der Waals surface area (Å²) in [6.07, 6.45) is 4.84. The summed E-state index contributed by atoms with van der Waals surface area (Å²) in [5, 5.41) is 6.04. The number of aromatic nitrogens is 2. The minimum atomic E-state index is -0.278. The molecule has 1 aromatic heterocycles. The number of anilines is 2. The zero-order valence-electron chi connectivity index (χ0n) is 16.1. The van der Waals surface area contributed by atoms with Crippen molar-refractivity contribution in [2.75, 3.05) is 24.3 Å². The van der Waals surface area contributed by atoms with Crippen LogP contribution in [-0.2, 0) is 12.8 Å². The number of aryl methyl sites for hydroxylation is 1. The van der Waals surface area contributed by atoms with Crippen LogP contribution in [0.2, 0.25) is 0 Å². The highest BCUT2D eigenvalue weighted by Gasteiger charge is 2.08. The fourth-order valence-electron chi connectivity index (χ4n) is 2.72. The lowest BCUT2D eigenvalue weighted by Crippen LogP contribution is -2.15. The number of carbonyl (C=O) groups excluding carboxylic acids is 1. The van der Waals surface area contributed by atoms with E-state index in [2.05, 4.69) is 33.6 Å². The van der Waals surface area contributed by atoms with Gasteiger partial charge in [0.1, 0.15) is 17.3 Å². The lowest BCUT2D eigenvalue weighted by Gasteiger charge is -2.08. The number of rotatable bonds is 8. The standard InChI is InChI=1S/C22H24N4O2/c1-3-16-7-9-18(10-8-16)26-22(27)20-14-25-21(15-24-20)23-12-11-17-5-4-6-19(13-17)28-2/h4-10,13-15H,3,11-12H2,1-2H3,(H,23,25)(H,26,27). The first-order chi connectivity index (χ1) is 13.7. The number of amides is 1. The third kappa shape index (κ3) is 5.30. The van der Waals surface area contributed by atoms with Gasteiger partial charge in [-0.2, -0.15) is 0 Å². The third-order valence-corrected chi connectivity index (χ3v) is 4.36. The van der Waals surface area contributed by atoms with Gasteiger partial charge in [-0.1, -0.05) is 31.2 Å². The summed E-state index contributed by atoms with van der Waals surface area (Å²) < 4.78 is 5.23. The predicted molar refractivity (Wildman–Crippen MR) is 111 cm³/mol. The second kappa shape index (κ2) is 9.50. The second-order valence-corrected chi connectivity index (χ2v) is 6.32. The van der Waals surface area contributed by atoms with Crippen LogP contribution in [0.4, 0.5) is 11.5 Å². The van der Waals surface area contributed by atoms with Gasteiger partial charge in [0.15, 0.2) is 0 Å². The van der Waals surface area contributed by atoms with E-state index in [-0.39, 0.29) is 11.6 Å². The van der Waals surface area contributed by atoms with Gasteiger partial charge in [-0.15, -0.1) is 0 Å². The molecule has 0 saturated heterocycles. The Morgan fingerprint density at radius 2 is 1.86 bits per heavy atom. The maximum absolute atomic E-state index is 12.3. The maximum atomic E-state index is 12.3. The molecule has 0 atom stereocenters. The van der Waals surface area contributed by atoms with Crippen LogP contribution in [0, 0.1) is 0 Å². The molecule has 6 nitrogen and oxygen atoms in total. The van der Waals surface area contributed by atoms with Crippen LogP contribution < -0.4 is 15.4 Å². The first-order valence-electron chi connectivity index (χ1n) is 9.27. The van der Waals surface area contributed by atoms with Gasteiger partial charge in [-0.3, -0.25) is 4.79 Å². The van der Waals surface area contributed by atoms with E-state index in [1.165, 1.54) is 17.3 Å². The molecule has 0 aliphatic rings. The van der Waals surface area contributed by atoms with Crippen molar-refractivity contribution in [1.29, 1.82) is 0 Å². The summed E-state index contributed by atoms with van der Waals surface area (Å²) in [5.41, 5.74) is 3.41. The summed E-state index contributed by atoms with van der Waals surface area (Å²) >= 11 is 0. The first kappa shape index (κ1) is 19.4. The number of benzene rings is 2. The number of carbonyl (C=O) groups is 1. The summed E-state index contributed by atoms with van der Waals surface area (Å²) in [7, 11) is 1.66. The van der Waals surface area contributed by atoms with Gasteiger partial charge < -0.3 is 15.4 Å². The third-order valence-electron chi connectivity index (χ3n) is 4.36. The Bertz CT molecular complexity index is 909. The zero-order valence-corrected chi connectivity index (χ0v) is 16.1. The fraction of sp³-hybridized carbons (Fsp3) is 0.227. The van der Waals surface area contributed by atoms with Crippen LogP contribution in [0.15, 0.2) is 60.9 Å². The molecular formula is C22H24N4O2. The van der Waals surface area contributed by atoms with Crippen LogP contribution in [0.5, 0.6) is 5.75 Å². The van der Waals surface area contributed by atoms with Gasteiger partial charge in [0.2, 0.25) is 0 Å². The number of hydrogen-bond donors (Lipinski definition) is 2. The Balaban J connectivity index is 1.51. The van der Waals surface area contributed by atoms with Gasteiger partial charge in [0.25, 0.3) is 5.91 Å². The molecule has 1 amide bonds. The van der Waals surface area contributed by atoms with Crippen LogP contribution >= 0.6 is 0 Å². The normalized spacial score (nSPS) is 10.4.